The molecule has 1 heterocycles. The van der Waals surface area contributed by atoms with E-state index in [4.69, 9.17) is 0 Å². The fourth-order valence-electron chi connectivity index (χ4n) is 2.11. The summed E-state index contributed by atoms with van der Waals surface area (Å²) in [6.45, 7) is 0.547. The molecule has 0 atom stereocenters. The summed E-state index contributed by atoms with van der Waals surface area (Å²) < 4.78 is 2.08. The Morgan fingerprint density at radius 2 is 2.11 bits per heavy atom. The molecular weight excluding hydrogens is 228 g/mol. The fraction of sp³-hybridized carbons (Fsp3) is 0.286. The van der Waals surface area contributed by atoms with E-state index in [9.17, 15) is 9.59 Å². The van der Waals surface area contributed by atoms with Gasteiger partial charge in [-0.2, -0.15) is 0 Å². The van der Waals surface area contributed by atoms with E-state index in [1.54, 1.807) is 7.05 Å². The Balaban J connectivity index is 2.17. The quantitative estimate of drug-likeness (QED) is 0.602. The summed E-state index contributed by atoms with van der Waals surface area (Å²) in [5.41, 5.74) is 2.37. The van der Waals surface area contributed by atoms with Crippen LogP contribution in [0.3, 0.4) is 0 Å². The zero-order valence-electron chi connectivity index (χ0n) is 10.6. The lowest BCUT2D eigenvalue weighted by Crippen LogP contribution is -2.29. The van der Waals surface area contributed by atoms with Crippen molar-refractivity contribution in [3.8, 4) is 0 Å². The topological polar surface area (TPSA) is 42.3 Å². The summed E-state index contributed by atoms with van der Waals surface area (Å²) in [6, 6.07) is 8.16. The molecule has 1 aromatic carbocycles. The van der Waals surface area contributed by atoms with E-state index in [1.165, 1.54) is 21.4 Å². The number of likely N-dealkylation sites (N-methyl/N-ethyl adjacent to an activating group) is 1. The van der Waals surface area contributed by atoms with Gasteiger partial charge in [0, 0.05) is 37.7 Å². The largest absolute Gasteiger partial charge is 0.350 e. The van der Waals surface area contributed by atoms with Gasteiger partial charge in [0.15, 0.2) is 0 Å². The molecule has 2 rings (SSSR count). The SMILES string of the molecule is CN(CCc1cn(C)c2ccccc12)C(=O)C=O. The summed E-state index contributed by atoms with van der Waals surface area (Å²) in [5, 5.41) is 1.20. The molecule has 4 nitrogen and oxygen atoms in total. The maximum atomic E-state index is 11.2. The van der Waals surface area contributed by atoms with Gasteiger partial charge < -0.3 is 9.47 Å². The van der Waals surface area contributed by atoms with Crippen molar-refractivity contribution in [2.45, 2.75) is 6.42 Å². The van der Waals surface area contributed by atoms with Crippen LogP contribution < -0.4 is 0 Å². The van der Waals surface area contributed by atoms with Crippen LogP contribution in [0, 0.1) is 0 Å². The predicted octanol–water partition coefficient (Wildman–Crippen LogP) is 1.38. The highest BCUT2D eigenvalue weighted by Gasteiger charge is 2.09. The minimum Gasteiger partial charge on any atom is -0.350 e. The van der Waals surface area contributed by atoms with Gasteiger partial charge in [0.1, 0.15) is 0 Å². The molecule has 0 aliphatic heterocycles. The summed E-state index contributed by atoms with van der Waals surface area (Å²) in [4.78, 5) is 23.0. The molecule has 0 aliphatic carbocycles. The van der Waals surface area contributed by atoms with E-state index >= 15 is 0 Å². The first-order valence-electron chi connectivity index (χ1n) is 5.86. The molecule has 2 aromatic rings. The zero-order valence-corrected chi connectivity index (χ0v) is 10.6. The second-order valence-corrected chi connectivity index (χ2v) is 4.41. The third kappa shape index (κ3) is 2.27. The number of aromatic nitrogens is 1. The molecule has 0 spiro atoms. The average Bonchev–Trinajstić information content (AvgIpc) is 2.72. The molecule has 0 radical (unpaired) electrons. The molecule has 4 heteroatoms. The number of carbonyl (C=O) groups is 2. The second kappa shape index (κ2) is 5.04. The average molecular weight is 244 g/mol. The molecule has 0 saturated heterocycles. The van der Waals surface area contributed by atoms with Gasteiger partial charge in [-0.15, -0.1) is 0 Å². The van der Waals surface area contributed by atoms with Crippen molar-refractivity contribution in [1.29, 1.82) is 0 Å². The molecule has 1 aromatic heterocycles. The number of benzene rings is 1. The van der Waals surface area contributed by atoms with Crippen LogP contribution in [0.2, 0.25) is 0 Å². The third-order valence-corrected chi connectivity index (χ3v) is 3.17. The van der Waals surface area contributed by atoms with Crippen LogP contribution in [0.25, 0.3) is 10.9 Å². The second-order valence-electron chi connectivity index (χ2n) is 4.41. The maximum Gasteiger partial charge on any atom is 0.286 e. The monoisotopic (exact) mass is 244 g/mol. The van der Waals surface area contributed by atoms with E-state index in [1.807, 2.05) is 19.2 Å². The number of hydrogen-bond acceptors (Lipinski definition) is 2. The Bertz CT molecular complexity index is 586. The Morgan fingerprint density at radius 1 is 1.39 bits per heavy atom. The summed E-state index contributed by atoms with van der Waals surface area (Å²) in [6.07, 6.45) is 3.17. The number of fused-ring (bicyclic) bond motifs is 1. The first-order valence-corrected chi connectivity index (χ1v) is 5.86. The van der Waals surface area contributed by atoms with Gasteiger partial charge in [0.25, 0.3) is 5.91 Å². The molecule has 94 valence electrons. The summed E-state index contributed by atoms with van der Waals surface area (Å²) >= 11 is 0. The number of rotatable bonds is 4. The van der Waals surface area contributed by atoms with Crippen molar-refractivity contribution in [2.24, 2.45) is 7.05 Å². The van der Waals surface area contributed by atoms with Crippen LogP contribution in [-0.2, 0) is 23.1 Å². The highest BCUT2D eigenvalue weighted by molar-refractivity contribution is 6.23. The summed E-state index contributed by atoms with van der Waals surface area (Å²) in [7, 11) is 3.65. The van der Waals surface area contributed by atoms with Crippen molar-refractivity contribution < 1.29 is 9.59 Å². The molecule has 0 saturated carbocycles. The Labute approximate surface area is 106 Å². The lowest BCUT2D eigenvalue weighted by molar-refractivity contribution is -0.137. The van der Waals surface area contributed by atoms with Gasteiger partial charge in [-0.1, -0.05) is 18.2 Å². The maximum absolute atomic E-state index is 11.2. The molecule has 0 N–H and O–H groups in total. The standard InChI is InChI=1S/C14H16N2O2/c1-15(14(18)10-17)8-7-11-9-16(2)13-6-4-3-5-12(11)13/h3-6,9-10H,7-8H2,1-2H3. The molecule has 1 amide bonds. The number of para-hydroxylation sites is 1. The van der Waals surface area contributed by atoms with Crippen LogP contribution >= 0.6 is 0 Å². The number of hydrogen-bond donors (Lipinski definition) is 0. The molecule has 18 heavy (non-hydrogen) atoms. The number of carbonyl (C=O) groups excluding carboxylic acids is 2. The van der Waals surface area contributed by atoms with E-state index in [0.717, 1.165) is 6.42 Å². The molecule has 0 aliphatic rings. The van der Waals surface area contributed by atoms with E-state index in [0.29, 0.717) is 12.8 Å². The Morgan fingerprint density at radius 3 is 2.83 bits per heavy atom. The van der Waals surface area contributed by atoms with Gasteiger partial charge in [-0.05, 0) is 18.1 Å². The fourth-order valence-corrected chi connectivity index (χ4v) is 2.11. The minimum absolute atomic E-state index is 0.350. The molecular formula is C14H16N2O2. The van der Waals surface area contributed by atoms with Crippen molar-refractivity contribution in [3.05, 3.63) is 36.0 Å². The van der Waals surface area contributed by atoms with Gasteiger partial charge >= 0.3 is 0 Å². The number of aryl methyl sites for hydroxylation is 1. The number of amides is 1. The van der Waals surface area contributed by atoms with Gasteiger partial charge in [0.2, 0.25) is 6.29 Å². The van der Waals surface area contributed by atoms with Crippen molar-refractivity contribution in [3.63, 3.8) is 0 Å². The third-order valence-electron chi connectivity index (χ3n) is 3.17. The first-order chi connectivity index (χ1) is 8.63. The lowest BCUT2D eigenvalue weighted by atomic mass is 10.1. The minimum atomic E-state index is -0.477. The van der Waals surface area contributed by atoms with E-state index < -0.39 is 5.91 Å². The van der Waals surface area contributed by atoms with Crippen LogP contribution in [-0.4, -0.2) is 35.3 Å². The van der Waals surface area contributed by atoms with Crippen molar-refractivity contribution >= 4 is 23.1 Å². The number of aldehydes is 1. The van der Waals surface area contributed by atoms with Gasteiger partial charge in [-0.25, -0.2) is 0 Å². The van der Waals surface area contributed by atoms with E-state index in [2.05, 4.69) is 22.9 Å². The van der Waals surface area contributed by atoms with Crippen molar-refractivity contribution in [2.75, 3.05) is 13.6 Å². The van der Waals surface area contributed by atoms with Crippen LogP contribution in [0.5, 0.6) is 0 Å². The smallest absolute Gasteiger partial charge is 0.286 e. The van der Waals surface area contributed by atoms with Crippen LogP contribution in [0.1, 0.15) is 5.56 Å². The number of nitrogens with zero attached hydrogens (tertiary/aromatic N) is 2. The summed E-state index contributed by atoms with van der Waals surface area (Å²) in [5.74, 6) is -0.477. The Hall–Kier alpha value is -2.10. The zero-order chi connectivity index (χ0) is 13.1. The van der Waals surface area contributed by atoms with Crippen LogP contribution in [0.4, 0.5) is 0 Å². The normalized spacial score (nSPS) is 10.6. The lowest BCUT2D eigenvalue weighted by Gasteiger charge is -2.12. The van der Waals surface area contributed by atoms with Crippen LogP contribution in [0.15, 0.2) is 30.5 Å². The van der Waals surface area contributed by atoms with Crippen molar-refractivity contribution in [1.82, 2.24) is 9.47 Å². The Kier molecular flexibility index (Phi) is 3.46. The molecule has 0 unspecified atom stereocenters. The highest BCUT2D eigenvalue weighted by atomic mass is 16.2. The highest BCUT2D eigenvalue weighted by Crippen LogP contribution is 2.20. The first kappa shape index (κ1) is 12.4. The van der Waals surface area contributed by atoms with Gasteiger partial charge in [0.05, 0.1) is 0 Å². The molecule has 0 bridgehead atoms. The predicted molar refractivity (Wildman–Crippen MR) is 70.3 cm³/mol. The molecule has 0 fully saturated rings. The van der Waals surface area contributed by atoms with Gasteiger partial charge in [-0.3, -0.25) is 9.59 Å². The van der Waals surface area contributed by atoms with E-state index in [-0.39, 0.29) is 0 Å².